The molecule has 0 unspecified atom stereocenters. The number of piperazine rings is 1. The quantitative estimate of drug-likeness (QED) is 0.627. The van der Waals surface area contributed by atoms with Crippen molar-refractivity contribution in [1.29, 1.82) is 0 Å². The first-order chi connectivity index (χ1) is 14.9. The van der Waals surface area contributed by atoms with Crippen LogP contribution in [0, 0.1) is 6.92 Å². The fraction of sp³-hybridized carbons (Fsp3) is 0.409. The first kappa shape index (κ1) is 23.1. The summed E-state index contributed by atoms with van der Waals surface area (Å²) in [5.74, 6) is 1.11. The molecule has 0 saturated carbocycles. The molecule has 2 aromatic rings. The van der Waals surface area contributed by atoms with Crippen molar-refractivity contribution < 1.29 is 22.7 Å². The Morgan fingerprint density at radius 3 is 2.39 bits per heavy atom. The van der Waals surface area contributed by atoms with Gasteiger partial charge in [0.1, 0.15) is 11.5 Å². The van der Waals surface area contributed by atoms with E-state index in [2.05, 4.69) is 10.2 Å². The lowest BCUT2D eigenvalue weighted by molar-refractivity contribution is -0.123. The van der Waals surface area contributed by atoms with E-state index in [1.54, 1.807) is 31.4 Å². The summed E-state index contributed by atoms with van der Waals surface area (Å²) in [5.41, 5.74) is 1.08. The number of ether oxygens (including phenoxy) is 2. The molecule has 9 heteroatoms. The summed E-state index contributed by atoms with van der Waals surface area (Å²) in [6, 6.07) is 14.0. The average Bonchev–Trinajstić information content (AvgIpc) is 2.78. The van der Waals surface area contributed by atoms with Crippen LogP contribution >= 0.6 is 0 Å². The largest absolute Gasteiger partial charge is 0.497 e. The molecule has 0 bridgehead atoms. The molecule has 1 saturated heterocycles. The van der Waals surface area contributed by atoms with E-state index in [1.807, 2.05) is 31.2 Å². The molecular formula is C22H29N3O5S. The highest BCUT2D eigenvalue weighted by atomic mass is 32.2. The van der Waals surface area contributed by atoms with Crippen LogP contribution in [0.1, 0.15) is 5.56 Å². The van der Waals surface area contributed by atoms with Crippen LogP contribution in [0.25, 0.3) is 0 Å². The van der Waals surface area contributed by atoms with Crippen molar-refractivity contribution in [3.05, 3.63) is 54.1 Å². The lowest BCUT2D eigenvalue weighted by atomic mass is 10.2. The topological polar surface area (TPSA) is 88.2 Å². The van der Waals surface area contributed by atoms with Gasteiger partial charge < -0.3 is 14.8 Å². The van der Waals surface area contributed by atoms with Crippen molar-refractivity contribution in [2.45, 2.75) is 11.8 Å². The molecule has 1 fully saturated rings. The number of aryl methyl sites for hydroxylation is 1. The maximum absolute atomic E-state index is 12.8. The molecule has 1 aliphatic rings. The molecule has 3 rings (SSSR count). The number of benzene rings is 2. The number of hydrogen-bond acceptors (Lipinski definition) is 6. The highest BCUT2D eigenvalue weighted by Crippen LogP contribution is 2.20. The Morgan fingerprint density at radius 2 is 1.74 bits per heavy atom. The van der Waals surface area contributed by atoms with Crippen LogP contribution in [-0.2, 0) is 14.8 Å². The zero-order chi connectivity index (χ0) is 22.3. The Labute approximate surface area is 183 Å². The summed E-state index contributed by atoms with van der Waals surface area (Å²) in [6.07, 6.45) is 0. The lowest BCUT2D eigenvalue weighted by Gasteiger charge is -2.34. The fourth-order valence-electron chi connectivity index (χ4n) is 3.35. The van der Waals surface area contributed by atoms with Crippen molar-refractivity contribution in [1.82, 2.24) is 14.5 Å². The van der Waals surface area contributed by atoms with Gasteiger partial charge in [-0.25, -0.2) is 8.42 Å². The first-order valence-electron chi connectivity index (χ1n) is 10.2. The van der Waals surface area contributed by atoms with Crippen LogP contribution < -0.4 is 14.8 Å². The van der Waals surface area contributed by atoms with Gasteiger partial charge in [-0.1, -0.05) is 12.1 Å². The molecule has 0 spiro atoms. The van der Waals surface area contributed by atoms with E-state index < -0.39 is 10.0 Å². The summed E-state index contributed by atoms with van der Waals surface area (Å²) in [5, 5.41) is 2.84. The van der Waals surface area contributed by atoms with Gasteiger partial charge in [0.05, 0.1) is 12.0 Å². The van der Waals surface area contributed by atoms with Gasteiger partial charge in [0.25, 0.3) is 5.91 Å². The third-order valence-corrected chi connectivity index (χ3v) is 7.05. The monoisotopic (exact) mass is 447 g/mol. The van der Waals surface area contributed by atoms with Gasteiger partial charge in [-0.2, -0.15) is 4.31 Å². The highest BCUT2D eigenvalue weighted by Gasteiger charge is 2.28. The molecule has 0 aromatic heterocycles. The number of hydrogen-bond donors (Lipinski definition) is 1. The molecule has 0 aliphatic carbocycles. The number of carbonyl (C=O) groups excluding carboxylic acids is 1. The van der Waals surface area contributed by atoms with Gasteiger partial charge in [-0.3, -0.25) is 9.69 Å². The van der Waals surface area contributed by atoms with E-state index in [0.29, 0.717) is 50.8 Å². The van der Waals surface area contributed by atoms with Crippen molar-refractivity contribution >= 4 is 15.9 Å². The molecule has 168 valence electrons. The Kier molecular flexibility index (Phi) is 7.89. The summed E-state index contributed by atoms with van der Waals surface area (Å²) in [7, 11) is -1.97. The number of rotatable bonds is 9. The van der Waals surface area contributed by atoms with E-state index in [-0.39, 0.29) is 17.4 Å². The zero-order valence-corrected chi connectivity index (χ0v) is 18.7. The van der Waals surface area contributed by atoms with Crippen molar-refractivity contribution in [3.63, 3.8) is 0 Å². The van der Waals surface area contributed by atoms with Gasteiger partial charge in [0.15, 0.2) is 6.61 Å². The number of nitrogens with zero attached hydrogens (tertiary/aromatic N) is 2. The van der Waals surface area contributed by atoms with Gasteiger partial charge in [-0.15, -0.1) is 0 Å². The van der Waals surface area contributed by atoms with E-state index in [0.717, 1.165) is 5.56 Å². The summed E-state index contributed by atoms with van der Waals surface area (Å²) in [6.45, 7) is 5.15. The van der Waals surface area contributed by atoms with E-state index in [1.165, 1.54) is 4.31 Å². The number of sulfonamides is 1. The minimum absolute atomic E-state index is 0.0304. The molecule has 1 aliphatic heterocycles. The molecule has 1 amide bonds. The van der Waals surface area contributed by atoms with Crippen LogP contribution in [0.5, 0.6) is 11.5 Å². The Hall–Kier alpha value is -2.62. The number of amides is 1. The minimum atomic E-state index is -3.52. The number of nitrogens with one attached hydrogen (secondary N) is 1. The first-order valence-corrected chi connectivity index (χ1v) is 11.7. The molecule has 0 radical (unpaired) electrons. The Balaban J connectivity index is 1.38. The van der Waals surface area contributed by atoms with Crippen molar-refractivity contribution in [2.24, 2.45) is 0 Å². The second kappa shape index (κ2) is 10.6. The SMILES string of the molecule is COc1ccc(S(=O)(=O)N2CCN(CCNC(=O)COc3cccc(C)c3)CC2)cc1. The van der Waals surface area contributed by atoms with Crippen LogP contribution in [0.2, 0.25) is 0 Å². The third kappa shape index (κ3) is 6.43. The molecule has 8 nitrogen and oxygen atoms in total. The molecule has 0 atom stereocenters. The molecule has 1 heterocycles. The van der Waals surface area contributed by atoms with Gasteiger partial charge in [0.2, 0.25) is 10.0 Å². The second-order valence-corrected chi connectivity index (χ2v) is 9.31. The number of methoxy groups -OCH3 is 1. The average molecular weight is 448 g/mol. The molecule has 1 N–H and O–H groups in total. The van der Waals surface area contributed by atoms with Crippen LogP contribution in [0.15, 0.2) is 53.4 Å². The Bertz CT molecular complexity index is 971. The predicted octanol–water partition coefficient (Wildman–Crippen LogP) is 1.51. The minimum Gasteiger partial charge on any atom is -0.497 e. The van der Waals surface area contributed by atoms with Crippen LogP contribution in [0.4, 0.5) is 0 Å². The van der Waals surface area contributed by atoms with Crippen LogP contribution in [-0.4, -0.2) is 76.5 Å². The van der Waals surface area contributed by atoms with Gasteiger partial charge >= 0.3 is 0 Å². The summed E-state index contributed by atoms with van der Waals surface area (Å²) in [4.78, 5) is 14.4. The summed E-state index contributed by atoms with van der Waals surface area (Å²) < 4.78 is 37.7. The standard InChI is InChI=1S/C22H29N3O5S/c1-18-4-3-5-20(16-18)30-17-22(26)23-10-11-24-12-14-25(15-13-24)31(27,28)21-8-6-19(29-2)7-9-21/h3-9,16H,10-15,17H2,1-2H3,(H,23,26). The van der Waals surface area contributed by atoms with Gasteiger partial charge in [0, 0.05) is 39.3 Å². The lowest BCUT2D eigenvalue weighted by Crippen LogP contribution is -2.50. The van der Waals surface area contributed by atoms with Gasteiger partial charge in [-0.05, 0) is 48.9 Å². The third-order valence-electron chi connectivity index (χ3n) is 5.14. The maximum Gasteiger partial charge on any atom is 0.257 e. The highest BCUT2D eigenvalue weighted by molar-refractivity contribution is 7.89. The second-order valence-electron chi connectivity index (χ2n) is 7.38. The number of carbonyl (C=O) groups is 1. The maximum atomic E-state index is 12.8. The smallest absolute Gasteiger partial charge is 0.257 e. The van der Waals surface area contributed by atoms with Crippen LogP contribution in [0.3, 0.4) is 0 Å². The van der Waals surface area contributed by atoms with Crippen molar-refractivity contribution in [2.75, 3.05) is 53.0 Å². The van der Waals surface area contributed by atoms with E-state index in [9.17, 15) is 13.2 Å². The molecule has 2 aromatic carbocycles. The predicted molar refractivity (Wildman–Crippen MR) is 118 cm³/mol. The van der Waals surface area contributed by atoms with Crippen molar-refractivity contribution in [3.8, 4) is 11.5 Å². The zero-order valence-electron chi connectivity index (χ0n) is 17.9. The Morgan fingerprint density at radius 1 is 1.03 bits per heavy atom. The van der Waals surface area contributed by atoms with E-state index in [4.69, 9.17) is 9.47 Å². The molecular weight excluding hydrogens is 418 g/mol. The normalized spacial score (nSPS) is 15.4. The fourth-order valence-corrected chi connectivity index (χ4v) is 4.77. The summed E-state index contributed by atoms with van der Waals surface area (Å²) >= 11 is 0. The molecule has 31 heavy (non-hydrogen) atoms. The van der Waals surface area contributed by atoms with E-state index >= 15 is 0 Å².